The topological polar surface area (TPSA) is 47.6 Å². The molecule has 0 aliphatic rings. The summed E-state index contributed by atoms with van der Waals surface area (Å²) in [6.07, 6.45) is -0.109. The Bertz CT molecular complexity index is 921. The number of nitrogens with one attached hydrogen (secondary N) is 1. The minimum absolute atomic E-state index is 0.249. The van der Waals surface area contributed by atoms with Gasteiger partial charge < -0.3 is 14.8 Å². The molecule has 3 aromatic rings. The Hall–Kier alpha value is -2.72. The molecule has 0 bridgehead atoms. The van der Waals surface area contributed by atoms with Gasteiger partial charge in [0.05, 0.1) is 12.8 Å². The van der Waals surface area contributed by atoms with Crippen LogP contribution in [0, 0.1) is 0 Å². The lowest BCUT2D eigenvalue weighted by atomic mass is 10.1. The SMILES string of the molecule is CC[C@H](Oc1cccc2ccccc12)C(=O)Nc1cc(Cl)ccc1OC. The van der Waals surface area contributed by atoms with Crippen LogP contribution in [0.5, 0.6) is 11.5 Å². The molecule has 5 heteroatoms. The summed E-state index contributed by atoms with van der Waals surface area (Å²) < 4.78 is 11.3. The Morgan fingerprint density at radius 2 is 1.85 bits per heavy atom. The summed E-state index contributed by atoms with van der Waals surface area (Å²) in [6, 6.07) is 18.8. The highest BCUT2D eigenvalue weighted by Gasteiger charge is 2.21. The quantitative estimate of drug-likeness (QED) is 0.641. The summed E-state index contributed by atoms with van der Waals surface area (Å²) in [4.78, 5) is 12.7. The van der Waals surface area contributed by atoms with Gasteiger partial charge in [0, 0.05) is 10.4 Å². The number of halogens is 1. The Morgan fingerprint density at radius 3 is 2.62 bits per heavy atom. The van der Waals surface area contributed by atoms with Crippen LogP contribution >= 0.6 is 11.6 Å². The van der Waals surface area contributed by atoms with Crippen molar-refractivity contribution in [1.29, 1.82) is 0 Å². The van der Waals surface area contributed by atoms with Gasteiger partial charge in [-0.2, -0.15) is 0 Å². The summed E-state index contributed by atoms with van der Waals surface area (Å²) in [6.45, 7) is 1.91. The van der Waals surface area contributed by atoms with Gasteiger partial charge in [-0.1, -0.05) is 54.9 Å². The zero-order valence-corrected chi connectivity index (χ0v) is 15.4. The molecule has 26 heavy (non-hydrogen) atoms. The Kier molecular flexibility index (Phi) is 5.64. The van der Waals surface area contributed by atoms with Gasteiger partial charge in [0.1, 0.15) is 11.5 Å². The molecule has 1 atom stereocenters. The molecule has 1 N–H and O–H groups in total. The Morgan fingerprint density at radius 1 is 1.08 bits per heavy atom. The standard InChI is InChI=1S/C21H20ClNO3/c1-3-18(21(24)23-17-13-15(22)11-12-20(17)25-2)26-19-10-6-8-14-7-4-5-9-16(14)19/h4-13,18H,3H2,1-2H3,(H,23,24)/t18-/m0/s1. The van der Waals surface area contributed by atoms with Crippen LogP contribution in [0.25, 0.3) is 10.8 Å². The van der Waals surface area contributed by atoms with Gasteiger partial charge in [-0.25, -0.2) is 0 Å². The van der Waals surface area contributed by atoms with Crippen LogP contribution in [-0.4, -0.2) is 19.1 Å². The second-order valence-electron chi connectivity index (χ2n) is 5.83. The fourth-order valence-electron chi connectivity index (χ4n) is 2.77. The number of fused-ring (bicyclic) bond motifs is 1. The third-order valence-corrected chi connectivity index (χ3v) is 4.34. The van der Waals surface area contributed by atoms with Gasteiger partial charge in [0.2, 0.25) is 0 Å². The number of carbonyl (C=O) groups is 1. The molecule has 0 heterocycles. The second kappa shape index (κ2) is 8.11. The third kappa shape index (κ3) is 3.92. The molecule has 3 aromatic carbocycles. The van der Waals surface area contributed by atoms with E-state index in [0.717, 1.165) is 10.8 Å². The maximum absolute atomic E-state index is 12.7. The predicted molar refractivity (Wildman–Crippen MR) is 105 cm³/mol. The van der Waals surface area contributed by atoms with Crippen molar-refractivity contribution in [2.45, 2.75) is 19.4 Å². The summed E-state index contributed by atoms with van der Waals surface area (Å²) in [5.41, 5.74) is 0.518. The number of methoxy groups -OCH3 is 1. The van der Waals surface area contributed by atoms with Gasteiger partial charge in [-0.15, -0.1) is 0 Å². The minimum Gasteiger partial charge on any atom is -0.495 e. The van der Waals surface area contributed by atoms with Crippen LogP contribution in [0.2, 0.25) is 5.02 Å². The van der Waals surface area contributed by atoms with Crippen molar-refractivity contribution in [3.05, 3.63) is 65.7 Å². The first-order valence-electron chi connectivity index (χ1n) is 8.41. The van der Waals surface area contributed by atoms with E-state index in [1.807, 2.05) is 49.4 Å². The largest absolute Gasteiger partial charge is 0.495 e. The fourth-order valence-corrected chi connectivity index (χ4v) is 2.94. The number of hydrogen-bond acceptors (Lipinski definition) is 3. The van der Waals surface area contributed by atoms with E-state index in [2.05, 4.69) is 5.32 Å². The maximum Gasteiger partial charge on any atom is 0.265 e. The minimum atomic E-state index is -0.635. The van der Waals surface area contributed by atoms with Crippen LogP contribution in [0.1, 0.15) is 13.3 Å². The van der Waals surface area contributed by atoms with Crippen molar-refractivity contribution in [3.8, 4) is 11.5 Å². The summed E-state index contributed by atoms with van der Waals surface area (Å²) >= 11 is 6.03. The summed E-state index contributed by atoms with van der Waals surface area (Å²) in [5.74, 6) is 0.979. The fraction of sp³-hybridized carbons (Fsp3) is 0.190. The molecule has 4 nitrogen and oxygen atoms in total. The van der Waals surface area contributed by atoms with Crippen LogP contribution in [0.15, 0.2) is 60.7 Å². The number of anilines is 1. The monoisotopic (exact) mass is 369 g/mol. The smallest absolute Gasteiger partial charge is 0.265 e. The second-order valence-corrected chi connectivity index (χ2v) is 6.26. The maximum atomic E-state index is 12.7. The average Bonchev–Trinajstić information content (AvgIpc) is 2.66. The highest BCUT2D eigenvalue weighted by atomic mass is 35.5. The molecule has 0 unspecified atom stereocenters. The molecule has 0 saturated heterocycles. The van der Waals surface area contributed by atoms with E-state index in [1.165, 1.54) is 0 Å². The first-order chi connectivity index (χ1) is 12.6. The predicted octanol–water partition coefficient (Wildman–Crippen LogP) is 5.30. The van der Waals surface area contributed by atoms with Gasteiger partial charge in [0.25, 0.3) is 5.91 Å². The molecule has 0 fully saturated rings. The van der Waals surface area contributed by atoms with Crippen LogP contribution < -0.4 is 14.8 Å². The molecule has 1 amide bonds. The average molecular weight is 370 g/mol. The van der Waals surface area contributed by atoms with Crippen molar-refractivity contribution in [1.82, 2.24) is 0 Å². The van der Waals surface area contributed by atoms with Crippen molar-refractivity contribution in [2.75, 3.05) is 12.4 Å². The van der Waals surface area contributed by atoms with Crippen molar-refractivity contribution in [3.63, 3.8) is 0 Å². The Labute approximate surface area is 157 Å². The van der Waals surface area contributed by atoms with Crippen LogP contribution in [0.3, 0.4) is 0 Å². The number of rotatable bonds is 6. The van der Waals surface area contributed by atoms with Gasteiger partial charge in [0.15, 0.2) is 6.10 Å². The van der Waals surface area contributed by atoms with E-state index in [9.17, 15) is 4.79 Å². The number of ether oxygens (including phenoxy) is 2. The summed E-state index contributed by atoms with van der Waals surface area (Å²) in [5, 5.41) is 5.41. The summed E-state index contributed by atoms with van der Waals surface area (Å²) in [7, 11) is 1.54. The lowest BCUT2D eigenvalue weighted by molar-refractivity contribution is -0.122. The lowest BCUT2D eigenvalue weighted by Gasteiger charge is -2.19. The molecular weight excluding hydrogens is 350 g/mol. The molecule has 0 saturated carbocycles. The normalized spacial score (nSPS) is 11.8. The third-order valence-electron chi connectivity index (χ3n) is 4.10. The van der Waals surface area contributed by atoms with Gasteiger partial charge in [-0.3, -0.25) is 4.79 Å². The van der Waals surface area contributed by atoms with E-state index >= 15 is 0 Å². The van der Waals surface area contributed by atoms with E-state index < -0.39 is 6.10 Å². The number of amides is 1. The molecule has 0 aliphatic heterocycles. The van der Waals surface area contributed by atoms with E-state index in [0.29, 0.717) is 28.6 Å². The number of hydrogen-bond donors (Lipinski definition) is 1. The lowest BCUT2D eigenvalue weighted by Crippen LogP contribution is -2.32. The highest BCUT2D eigenvalue weighted by Crippen LogP contribution is 2.29. The molecule has 0 aliphatic carbocycles. The number of benzene rings is 3. The molecular formula is C21H20ClNO3. The number of carbonyl (C=O) groups excluding carboxylic acids is 1. The van der Waals surface area contributed by atoms with E-state index in [1.54, 1.807) is 25.3 Å². The van der Waals surface area contributed by atoms with E-state index in [-0.39, 0.29) is 5.91 Å². The molecule has 0 spiro atoms. The first kappa shape index (κ1) is 18.1. The Balaban J connectivity index is 1.82. The van der Waals surface area contributed by atoms with Gasteiger partial charge in [-0.05, 0) is 36.1 Å². The molecule has 0 aromatic heterocycles. The molecule has 0 radical (unpaired) electrons. The zero-order chi connectivity index (χ0) is 18.5. The molecule has 3 rings (SSSR count). The van der Waals surface area contributed by atoms with Crippen LogP contribution in [-0.2, 0) is 4.79 Å². The highest BCUT2D eigenvalue weighted by molar-refractivity contribution is 6.31. The zero-order valence-electron chi connectivity index (χ0n) is 14.7. The van der Waals surface area contributed by atoms with Crippen molar-refractivity contribution in [2.24, 2.45) is 0 Å². The van der Waals surface area contributed by atoms with Crippen LogP contribution in [0.4, 0.5) is 5.69 Å². The van der Waals surface area contributed by atoms with Crippen molar-refractivity contribution >= 4 is 34.0 Å². The van der Waals surface area contributed by atoms with E-state index in [4.69, 9.17) is 21.1 Å². The first-order valence-corrected chi connectivity index (χ1v) is 8.79. The molecule has 134 valence electrons. The van der Waals surface area contributed by atoms with Gasteiger partial charge >= 0.3 is 0 Å². The van der Waals surface area contributed by atoms with Crippen molar-refractivity contribution < 1.29 is 14.3 Å².